The summed E-state index contributed by atoms with van der Waals surface area (Å²) >= 11 is 0. The maximum Gasteiger partial charge on any atom is 2.00 e. The molecule has 0 amide bonds. The van der Waals surface area contributed by atoms with E-state index in [1.807, 2.05) is 0 Å². The van der Waals surface area contributed by atoms with Crippen molar-refractivity contribution in [3.05, 3.63) is 10.4 Å². The third-order valence-electron chi connectivity index (χ3n) is 0. The van der Waals surface area contributed by atoms with Crippen LogP contribution in [-0.4, -0.2) is 0 Å². The predicted octanol–water partition coefficient (Wildman–Crippen LogP) is -1.12. The van der Waals surface area contributed by atoms with Gasteiger partial charge in [0.1, 0.15) is 0 Å². The fourth-order valence-corrected chi connectivity index (χ4v) is 0. The van der Waals surface area contributed by atoms with Gasteiger partial charge in [0.2, 0.25) is 0 Å². The van der Waals surface area contributed by atoms with Crippen LogP contribution < -0.4 is 11.8 Å². The van der Waals surface area contributed by atoms with Crippen LogP contribution in [0.4, 0.5) is 0 Å². The molecule has 0 aliphatic carbocycles. The number of hydrogen-bond acceptors (Lipinski definition) is 4. The van der Waals surface area contributed by atoms with Crippen LogP contribution in [0.3, 0.4) is 0 Å². The van der Waals surface area contributed by atoms with E-state index in [1.165, 1.54) is 0 Å². The van der Waals surface area contributed by atoms with Crippen LogP contribution in [-0.2, 0) is 20.4 Å². The maximum absolute atomic E-state index is 7.75. The first-order valence-corrected chi connectivity index (χ1v) is 0.471. The van der Waals surface area contributed by atoms with Crippen molar-refractivity contribution in [3.63, 3.8) is 0 Å². The molecule has 4 nitrogen and oxygen atoms in total. The summed E-state index contributed by atoms with van der Waals surface area (Å²) in [4.78, 5) is 0. The molecule has 0 atom stereocenters. The Hall–Kier alpha value is 0.502. The van der Waals surface area contributed by atoms with Gasteiger partial charge in [0.25, 0.3) is 0 Å². The number of hydrogen-bond donors (Lipinski definition) is 2. The van der Waals surface area contributed by atoms with Crippen molar-refractivity contribution in [2.45, 2.75) is 0 Å². The summed E-state index contributed by atoms with van der Waals surface area (Å²) in [5.74, 6) is 6.50. The Kier molecular flexibility index (Phi) is 780. The molecule has 0 aromatic heterocycles. The summed E-state index contributed by atoms with van der Waals surface area (Å²) in [6.45, 7) is 0. The van der Waals surface area contributed by atoms with Gasteiger partial charge in [-0.05, 0) is 0 Å². The SMILES string of the molecule is N[O-].N[O-].[Pd+2]. The van der Waals surface area contributed by atoms with E-state index < -0.39 is 0 Å². The van der Waals surface area contributed by atoms with Crippen molar-refractivity contribution in [2.75, 3.05) is 0 Å². The van der Waals surface area contributed by atoms with Crippen LogP contribution in [0.1, 0.15) is 0 Å². The van der Waals surface area contributed by atoms with Gasteiger partial charge in [-0.25, -0.2) is 0 Å². The molecule has 0 aliphatic rings. The minimum Gasteiger partial charge on any atom is -0.790 e. The Bertz CT molecular complexity index is 7.61. The summed E-state index contributed by atoms with van der Waals surface area (Å²) in [5, 5.41) is 15.5. The van der Waals surface area contributed by atoms with Crippen LogP contribution in [0.15, 0.2) is 0 Å². The monoisotopic (exact) mass is 170 g/mol. The van der Waals surface area contributed by atoms with E-state index in [4.69, 9.17) is 10.4 Å². The molecule has 0 fully saturated rings. The first kappa shape index (κ1) is 17.8. The molecular formula is H4N2O2Pd. The fraction of sp³-hybridized carbons (Fsp3) is 0. The smallest absolute Gasteiger partial charge is 0.790 e. The average Bonchev–Trinajstić information content (AvgIpc) is 1.50. The number of nitrogens with two attached hydrogens (primary N) is 2. The zero-order chi connectivity index (χ0) is 4.00. The molecule has 5 heavy (non-hydrogen) atoms. The van der Waals surface area contributed by atoms with E-state index in [9.17, 15) is 0 Å². The Balaban J connectivity index is -0.0000000133. The molecule has 0 radical (unpaired) electrons. The molecule has 0 heterocycles. The molecule has 5 heteroatoms. The van der Waals surface area contributed by atoms with Crippen molar-refractivity contribution >= 4 is 0 Å². The number of rotatable bonds is 0. The molecule has 0 bridgehead atoms. The van der Waals surface area contributed by atoms with Crippen molar-refractivity contribution in [1.82, 2.24) is 0 Å². The Labute approximate surface area is 43.3 Å². The van der Waals surface area contributed by atoms with Gasteiger partial charge >= 0.3 is 20.4 Å². The van der Waals surface area contributed by atoms with Crippen LogP contribution in [0.2, 0.25) is 0 Å². The maximum atomic E-state index is 7.75. The van der Waals surface area contributed by atoms with Gasteiger partial charge in [-0.1, -0.05) is 0 Å². The van der Waals surface area contributed by atoms with E-state index >= 15 is 0 Å². The summed E-state index contributed by atoms with van der Waals surface area (Å²) < 4.78 is 0. The van der Waals surface area contributed by atoms with Gasteiger partial charge in [-0.15, -0.1) is 0 Å². The van der Waals surface area contributed by atoms with Gasteiger partial charge in [-0.3, -0.25) is 0 Å². The van der Waals surface area contributed by atoms with Crippen LogP contribution in [0, 0.1) is 10.4 Å². The predicted molar refractivity (Wildman–Crippen MR) is 15.1 cm³/mol. The molecule has 0 aliphatic heterocycles. The van der Waals surface area contributed by atoms with Crippen LogP contribution >= 0.6 is 0 Å². The Morgan fingerprint density at radius 3 is 0.800 bits per heavy atom. The Morgan fingerprint density at radius 2 is 0.800 bits per heavy atom. The second-order valence-electron chi connectivity index (χ2n) is 0. The Morgan fingerprint density at radius 1 is 0.800 bits per heavy atom. The molecule has 4 N–H and O–H groups in total. The summed E-state index contributed by atoms with van der Waals surface area (Å²) in [5.41, 5.74) is 0. The van der Waals surface area contributed by atoms with Crippen molar-refractivity contribution in [3.8, 4) is 0 Å². The van der Waals surface area contributed by atoms with Gasteiger partial charge in [0, 0.05) is 0 Å². The molecule has 0 aromatic carbocycles. The minimum atomic E-state index is 0. The molecule has 0 spiro atoms. The molecule has 0 saturated heterocycles. The van der Waals surface area contributed by atoms with E-state index in [2.05, 4.69) is 11.8 Å². The summed E-state index contributed by atoms with van der Waals surface area (Å²) in [6, 6.07) is 0. The average molecular weight is 170 g/mol. The summed E-state index contributed by atoms with van der Waals surface area (Å²) in [7, 11) is 0. The van der Waals surface area contributed by atoms with E-state index in [0.717, 1.165) is 0 Å². The molecule has 0 aromatic rings. The van der Waals surface area contributed by atoms with Gasteiger partial charge < -0.3 is 22.2 Å². The largest absolute Gasteiger partial charge is 2.00 e. The van der Waals surface area contributed by atoms with Crippen molar-refractivity contribution in [1.29, 1.82) is 0 Å². The fourth-order valence-electron chi connectivity index (χ4n) is 0. The third kappa shape index (κ3) is 112. The minimum absolute atomic E-state index is 0. The van der Waals surface area contributed by atoms with Gasteiger partial charge in [0.15, 0.2) is 0 Å². The molecule has 36 valence electrons. The third-order valence-corrected chi connectivity index (χ3v) is 0. The second-order valence-corrected chi connectivity index (χ2v) is 0. The zero-order valence-electron chi connectivity index (χ0n) is 2.29. The first-order chi connectivity index (χ1) is 2.00. The molecular weight excluding hydrogens is 166 g/mol. The molecule has 0 saturated carbocycles. The van der Waals surface area contributed by atoms with Crippen molar-refractivity contribution in [2.24, 2.45) is 11.8 Å². The van der Waals surface area contributed by atoms with Gasteiger partial charge in [0.05, 0.1) is 0 Å². The van der Waals surface area contributed by atoms with E-state index in [1.54, 1.807) is 0 Å². The second kappa shape index (κ2) is 219. The van der Waals surface area contributed by atoms with Crippen LogP contribution in [0.5, 0.6) is 0 Å². The standard InChI is InChI=1S/2H2NO.Pd/c2*1-2;/h2*1H2;/q2*-1;+2. The van der Waals surface area contributed by atoms with E-state index in [-0.39, 0.29) is 20.4 Å². The summed E-state index contributed by atoms with van der Waals surface area (Å²) in [6.07, 6.45) is 0. The van der Waals surface area contributed by atoms with Crippen molar-refractivity contribution < 1.29 is 20.4 Å². The topological polar surface area (TPSA) is 98.2 Å². The van der Waals surface area contributed by atoms with Crippen LogP contribution in [0.25, 0.3) is 0 Å². The molecule has 0 unspecified atom stereocenters. The van der Waals surface area contributed by atoms with Gasteiger partial charge in [-0.2, -0.15) is 0 Å². The quantitative estimate of drug-likeness (QED) is 0.355. The molecule has 0 rings (SSSR count). The normalized spacial score (nSPS) is 2.40. The van der Waals surface area contributed by atoms with E-state index in [0.29, 0.717) is 0 Å². The zero-order valence-corrected chi connectivity index (χ0v) is 3.84. The first-order valence-electron chi connectivity index (χ1n) is 0.471.